The number of rotatable bonds is 4. The zero-order chi connectivity index (χ0) is 14.5. The lowest BCUT2D eigenvalue weighted by molar-refractivity contribution is -0.0493. The number of benzene rings is 1. The highest BCUT2D eigenvalue weighted by molar-refractivity contribution is 9.10. The number of aromatic nitrogens is 1. The first kappa shape index (κ1) is 14.4. The maximum atomic E-state index is 12.3. The number of nitrogens with zero attached hydrogens (tertiary/aromatic N) is 1. The largest absolute Gasteiger partial charge is 0.433 e. The summed E-state index contributed by atoms with van der Waals surface area (Å²) in [5, 5.41) is 2.50. The molecule has 0 saturated carbocycles. The summed E-state index contributed by atoms with van der Waals surface area (Å²) in [6.07, 6.45) is 2.90. The molecule has 0 atom stereocenters. The molecule has 7 heteroatoms. The number of hydrogen-bond donors (Lipinski definition) is 1. The number of carbonyl (C=O) groups excluding carboxylic acids is 1. The Morgan fingerprint density at radius 2 is 2.05 bits per heavy atom. The van der Waals surface area contributed by atoms with Gasteiger partial charge in [0.05, 0.1) is 11.3 Å². The molecule has 1 heterocycles. The highest BCUT2D eigenvalue weighted by Gasteiger charge is 2.13. The van der Waals surface area contributed by atoms with E-state index in [0.717, 1.165) is 0 Å². The van der Waals surface area contributed by atoms with Crippen LogP contribution in [0.25, 0.3) is 0 Å². The van der Waals surface area contributed by atoms with Gasteiger partial charge in [0, 0.05) is 16.9 Å². The van der Waals surface area contributed by atoms with Gasteiger partial charge < -0.3 is 10.1 Å². The Morgan fingerprint density at radius 1 is 1.30 bits per heavy atom. The number of alkyl halides is 2. The van der Waals surface area contributed by atoms with Crippen LogP contribution in [0.2, 0.25) is 0 Å². The SMILES string of the molecule is O=C(Nc1ccccc1OC(F)F)c1cncc(Br)c1. The molecule has 0 aliphatic heterocycles. The lowest BCUT2D eigenvalue weighted by Crippen LogP contribution is -2.14. The van der Waals surface area contributed by atoms with E-state index in [4.69, 9.17) is 0 Å². The van der Waals surface area contributed by atoms with E-state index in [-0.39, 0.29) is 11.4 Å². The first-order valence-corrected chi connectivity index (χ1v) is 6.31. The first-order chi connectivity index (χ1) is 9.56. The number of anilines is 1. The monoisotopic (exact) mass is 342 g/mol. The Hall–Kier alpha value is -2.02. The highest BCUT2D eigenvalue weighted by atomic mass is 79.9. The fourth-order valence-corrected chi connectivity index (χ4v) is 1.86. The van der Waals surface area contributed by atoms with Gasteiger partial charge in [0.15, 0.2) is 0 Å². The van der Waals surface area contributed by atoms with Crippen LogP contribution in [0.15, 0.2) is 47.2 Å². The van der Waals surface area contributed by atoms with Crippen LogP contribution in [0.5, 0.6) is 5.75 Å². The van der Waals surface area contributed by atoms with Crippen molar-refractivity contribution in [1.82, 2.24) is 4.98 Å². The number of para-hydroxylation sites is 2. The van der Waals surface area contributed by atoms with Crippen molar-refractivity contribution < 1.29 is 18.3 Å². The number of pyridine rings is 1. The van der Waals surface area contributed by atoms with Gasteiger partial charge in [-0.2, -0.15) is 8.78 Å². The molecular formula is C13H9BrF2N2O2. The average molecular weight is 343 g/mol. The molecule has 0 spiro atoms. The fourth-order valence-electron chi connectivity index (χ4n) is 1.50. The zero-order valence-corrected chi connectivity index (χ0v) is 11.6. The molecule has 2 rings (SSSR count). The summed E-state index contributed by atoms with van der Waals surface area (Å²) in [5.41, 5.74) is 0.462. The lowest BCUT2D eigenvalue weighted by atomic mass is 10.2. The van der Waals surface area contributed by atoms with Crippen molar-refractivity contribution in [3.63, 3.8) is 0 Å². The second kappa shape index (κ2) is 6.42. The van der Waals surface area contributed by atoms with Crippen molar-refractivity contribution in [2.24, 2.45) is 0 Å². The van der Waals surface area contributed by atoms with Gasteiger partial charge in [0.25, 0.3) is 5.91 Å². The number of carbonyl (C=O) groups is 1. The van der Waals surface area contributed by atoms with Crippen molar-refractivity contribution in [3.05, 3.63) is 52.8 Å². The van der Waals surface area contributed by atoms with Crippen molar-refractivity contribution in [2.45, 2.75) is 6.61 Å². The lowest BCUT2D eigenvalue weighted by Gasteiger charge is -2.11. The van der Waals surface area contributed by atoms with E-state index in [2.05, 4.69) is 31.0 Å². The summed E-state index contributed by atoms with van der Waals surface area (Å²) in [4.78, 5) is 15.8. The molecule has 0 fully saturated rings. The molecule has 0 bridgehead atoms. The Bertz CT molecular complexity index is 623. The van der Waals surface area contributed by atoms with Gasteiger partial charge in [-0.1, -0.05) is 12.1 Å². The Balaban J connectivity index is 2.19. The van der Waals surface area contributed by atoms with Gasteiger partial charge >= 0.3 is 6.61 Å². The zero-order valence-electron chi connectivity index (χ0n) is 10.0. The number of hydrogen-bond acceptors (Lipinski definition) is 3. The minimum atomic E-state index is -2.96. The van der Waals surface area contributed by atoms with E-state index < -0.39 is 12.5 Å². The van der Waals surface area contributed by atoms with E-state index >= 15 is 0 Å². The van der Waals surface area contributed by atoms with E-state index in [9.17, 15) is 13.6 Å². The Morgan fingerprint density at radius 3 is 2.75 bits per heavy atom. The summed E-state index contributed by atoms with van der Waals surface area (Å²) >= 11 is 3.20. The fraction of sp³-hybridized carbons (Fsp3) is 0.0769. The number of ether oxygens (including phenoxy) is 1. The molecule has 20 heavy (non-hydrogen) atoms. The minimum absolute atomic E-state index is 0.0983. The topological polar surface area (TPSA) is 51.2 Å². The number of nitrogens with one attached hydrogen (secondary N) is 1. The number of halogens is 3. The molecule has 0 radical (unpaired) electrons. The smallest absolute Gasteiger partial charge is 0.387 e. The number of amides is 1. The molecule has 0 unspecified atom stereocenters. The summed E-state index contributed by atoms with van der Waals surface area (Å²) < 4.78 is 29.5. The van der Waals surface area contributed by atoms with Gasteiger partial charge in [0.2, 0.25) is 0 Å². The molecule has 2 aromatic rings. The predicted octanol–water partition coefficient (Wildman–Crippen LogP) is 3.70. The third-order valence-electron chi connectivity index (χ3n) is 2.32. The van der Waals surface area contributed by atoms with E-state index in [0.29, 0.717) is 10.0 Å². The van der Waals surface area contributed by atoms with Crippen LogP contribution in [0.4, 0.5) is 14.5 Å². The van der Waals surface area contributed by atoms with Crippen molar-refractivity contribution in [2.75, 3.05) is 5.32 Å². The van der Waals surface area contributed by atoms with Crippen LogP contribution < -0.4 is 10.1 Å². The molecule has 104 valence electrons. The molecule has 4 nitrogen and oxygen atoms in total. The summed E-state index contributed by atoms with van der Waals surface area (Å²) in [6, 6.07) is 7.53. The van der Waals surface area contributed by atoms with Crippen LogP contribution in [0, 0.1) is 0 Å². The van der Waals surface area contributed by atoms with Crippen molar-refractivity contribution >= 4 is 27.5 Å². The van der Waals surface area contributed by atoms with Gasteiger partial charge in [-0.25, -0.2) is 0 Å². The molecule has 1 amide bonds. The van der Waals surface area contributed by atoms with Gasteiger partial charge in [-0.05, 0) is 34.1 Å². The van der Waals surface area contributed by atoms with E-state index in [1.165, 1.54) is 30.6 Å². The third kappa shape index (κ3) is 3.74. The average Bonchev–Trinajstić information content (AvgIpc) is 2.40. The molecule has 0 aliphatic carbocycles. The summed E-state index contributed by atoms with van der Waals surface area (Å²) in [6.45, 7) is -2.96. The van der Waals surface area contributed by atoms with E-state index in [1.54, 1.807) is 12.1 Å². The van der Waals surface area contributed by atoms with Crippen LogP contribution in [0.1, 0.15) is 10.4 Å². The molecule has 0 aliphatic rings. The van der Waals surface area contributed by atoms with Crippen LogP contribution >= 0.6 is 15.9 Å². The molecule has 1 N–H and O–H groups in total. The molecule has 0 saturated heterocycles. The van der Waals surface area contributed by atoms with Crippen LogP contribution in [-0.2, 0) is 0 Å². The maximum Gasteiger partial charge on any atom is 0.387 e. The maximum absolute atomic E-state index is 12.3. The van der Waals surface area contributed by atoms with E-state index in [1.807, 2.05) is 0 Å². The normalized spacial score (nSPS) is 10.4. The Labute approximate surface area is 121 Å². The Kier molecular flexibility index (Phi) is 4.62. The van der Waals surface area contributed by atoms with Crippen LogP contribution in [0.3, 0.4) is 0 Å². The predicted molar refractivity (Wildman–Crippen MR) is 73.0 cm³/mol. The van der Waals surface area contributed by atoms with Crippen molar-refractivity contribution in [3.8, 4) is 5.75 Å². The standard InChI is InChI=1S/C13H9BrF2N2O2/c14-9-5-8(6-17-7-9)12(19)18-10-3-1-2-4-11(10)20-13(15)16/h1-7,13H,(H,18,19). The summed E-state index contributed by atoms with van der Waals surface area (Å²) in [7, 11) is 0. The third-order valence-corrected chi connectivity index (χ3v) is 2.75. The second-order valence-corrected chi connectivity index (χ2v) is 4.64. The van der Waals surface area contributed by atoms with Gasteiger partial charge in [-0.3, -0.25) is 9.78 Å². The van der Waals surface area contributed by atoms with Gasteiger partial charge in [0.1, 0.15) is 5.75 Å². The van der Waals surface area contributed by atoms with Gasteiger partial charge in [-0.15, -0.1) is 0 Å². The second-order valence-electron chi connectivity index (χ2n) is 3.72. The molecule has 1 aromatic heterocycles. The molecule has 1 aromatic carbocycles. The summed E-state index contributed by atoms with van der Waals surface area (Å²) in [5.74, 6) is -0.567. The minimum Gasteiger partial charge on any atom is -0.433 e. The van der Waals surface area contributed by atoms with Crippen LogP contribution in [-0.4, -0.2) is 17.5 Å². The first-order valence-electron chi connectivity index (χ1n) is 5.52. The quantitative estimate of drug-likeness (QED) is 0.921. The van der Waals surface area contributed by atoms with Crippen molar-refractivity contribution in [1.29, 1.82) is 0 Å². The highest BCUT2D eigenvalue weighted by Crippen LogP contribution is 2.26. The molecular weight excluding hydrogens is 334 g/mol.